The molecule has 0 atom stereocenters. The third-order valence-electron chi connectivity index (χ3n) is 3.36. The molecule has 0 aromatic carbocycles. The van der Waals surface area contributed by atoms with Crippen LogP contribution in [0.5, 0.6) is 0 Å². The van der Waals surface area contributed by atoms with Crippen LogP contribution < -0.4 is 10.9 Å². The van der Waals surface area contributed by atoms with Gasteiger partial charge in [0.05, 0.1) is 6.61 Å². The van der Waals surface area contributed by atoms with Crippen molar-refractivity contribution in [2.24, 2.45) is 0 Å². The van der Waals surface area contributed by atoms with Gasteiger partial charge in [0.15, 0.2) is 0 Å². The van der Waals surface area contributed by atoms with E-state index in [0.717, 1.165) is 5.56 Å². The number of furan rings is 1. The first-order valence-corrected chi connectivity index (χ1v) is 6.75. The van der Waals surface area contributed by atoms with Crippen LogP contribution in [0.4, 0.5) is 0 Å². The number of hydrogen-bond acceptors (Lipinski definition) is 5. The minimum Gasteiger partial charge on any atom is -0.443 e. The Labute approximate surface area is 121 Å². The molecule has 21 heavy (non-hydrogen) atoms. The van der Waals surface area contributed by atoms with Gasteiger partial charge in [-0.05, 0) is 13.8 Å². The number of aryl methyl sites for hydroxylation is 3. The van der Waals surface area contributed by atoms with Crippen LogP contribution in [-0.4, -0.2) is 35.7 Å². The van der Waals surface area contributed by atoms with Crippen LogP contribution in [0.2, 0.25) is 0 Å². The van der Waals surface area contributed by atoms with Crippen molar-refractivity contribution in [3.05, 3.63) is 28.0 Å². The standard InChI is InChI=1S/C14H19N3O4/c1-9-10(2)21-13-12(9)14(19)17(8-16-13)6-4-11(18)15-5-7-20-3/h8H,4-7H2,1-3H3,(H,15,18). The van der Waals surface area contributed by atoms with E-state index in [1.807, 2.05) is 6.92 Å². The molecule has 2 rings (SSSR count). The van der Waals surface area contributed by atoms with Crippen LogP contribution in [0.3, 0.4) is 0 Å². The lowest BCUT2D eigenvalue weighted by Crippen LogP contribution is -2.29. The van der Waals surface area contributed by atoms with Crippen molar-refractivity contribution in [2.45, 2.75) is 26.8 Å². The topological polar surface area (TPSA) is 86.4 Å². The van der Waals surface area contributed by atoms with E-state index in [9.17, 15) is 9.59 Å². The number of nitrogens with zero attached hydrogens (tertiary/aromatic N) is 2. The van der Waals surface area contributed by atoms with Gasteiger partial charge in [0, 0.05) is 32.2 Å². The van der Waals surface area contributed by atoms with Gasteiger partial charge >= 0.3 is 0 Å². The summed E-state index contributed by atoms with van der Waals surface area (Å²) in [5, 5.41) is 3.19. The highest BCUT2D eigenvalue weighted by Crippen LogP contribution is 2.18. The maximum atomic E-state index is 12.3. The Morgan fingerprint density at radius 3 is 2.95 bits per heavy atom. The summed E-state index contributed by atoms with van der Waals surface area (Å²) in [4.78, 5) is 28.1. The quantitative estimate of drug-likeness (QED) is 0.795. The van der Waals surface area contributed by atoms with Gasteiger partial charge in [0.1, 0.15) is 17.5 Å². The van der Waals surface area contributed by atoms with Gasteiger partial charge < -0.3 is 14.5 Å². The summed E-state index contributed by atoms with van der Waals surface area (Å²) < 4.78 is 11.7. The lowest BCUT2D eigenvalue weighted by Gasteiger charge is -2.06. The van der Waals surface area contributed by atoms with Crippen LogP contribution >= 0.6 is 0 Å². The largest absolute Gasteiger partial charge is 0.443 e. The van der Waals surface area contributed by atoms with Crippen LogP contribution in [-0.2, 0) is 16.1 Å². The molecule has 2 aromatic heterocycles. The lowest BCUT2D eigenvalue weighted by atomic mass is 10.2. The maximum Gasteiger partial charge on any atom is 0.264 e. The minimum absolute atomic E-state index is 0.126. The molecule has 114 valence electrons. The Morgan fingerprint density at radius 2 is 2.24 bits per heavy atom. The predicted molar refractivity (Wildman–Crippen MR) is 77.2 cm³/mol. The summed E-state index contributed by atoms with van der Waals surface area (Å²) in [6.07, 6.45) is 1.63. The number of aromatic nitrogens is 2. The number of carbonyl (C=O) groups excluding carboxylic acids is 1. The number of amides is 1. The minimum atomic E-state index is -0.181. The third kappa shape index (κ3) is 3.30. The van der Waals surface area contributed by atoms with E-state index >= 15 is 0 Å². The molecule has 1 N–H and O–H groups in total. The number of hydrogen-bond donors (Lipinski definition) is 1. The highest BCUT2D eigenvalue weighted by molar-refractivity contribution is 5.77. The average molecular weight is 293 g/mol. The number of methoxy groups -OCH3 is 1. The highest BCUT2D eigenvalue weighted by atomic mass is 16.5. The van der Waals surface area contributed by atoms with Crippen LogP contribution in [0.1, 0.15) is 17.7 Å². The Kier molecular flexibility index (Phi) is 4.74. The average Bonchev–Trinajstić information content (AvgIpc) is 2.74. The Hall–Kier alpha value is -2.15. The van der Waals surface area contributed by atoms with Gasteiger partial charge in [0.25, 0.3) is 5.56 Å². The molecule has 0 saturated carbocycles. The van der Waals surface area contributed by atoms with E-state index in [2.05, 4.69) is 10.3 Å². The number of carbonyl (C=O) groups is 1. The summed E-state index contributed by atoms with van der Waals surface area (Å²) in [5.41, 5.74) is 0.955. The zero-order chi connectivity index (χ0) is 15.4. The van der Waals surface area contributed by atoms with Gasteiger partial charge in [-0.2, -0.15) is 0 Å². The van der Waals surface area contributed by atoms with E-state index in [-0.39, 0.29) is 24.4 Å². The van der Waals surface area contributed by atoms with E-state index in [1.54, 1.807) is 14.0 Å². The molecule has 7 heteroatoms. The molecule has 0 radical (unpaired) electrons. The van der Waals surface area contributed by atoms with Gasteiger partial charge in [-0.1, -0.05) is 0 Å². The van der Waals surface area contributed by atoms with Crippen LogP contribution in [0.15, 0.2) is 15.5 Å². The van der Waals surface area contributed by atoms with Crippen molar-refractivity contribution in [3.63, 3.8) is 0 Å². The molecule has 0 aliphatic rings. The molecule has 0 spiro atoms. The van der Waals surface area contributed by atoms with Crippen molar-refractivity contribution in [1.29, 1.82) is 0 Å². The summed E-state index contributed by atoms with van der Waals surface area (Å²) in [5.74, 6) is 0.559. The summed E-state index contributed by atoms with van der Waals surface area (Å²) in [6.45, 7) is 4.83. The summed E-state index contributed by atoms with van der Waals surface area (Å²) in [7, 11) is 1.57. The molecule has 2 heterocycles. The Bertz CT molecular complexity index is 702. The zero-order valence-corrected chi connectivity index (χ0v) is 12.4. The normalized spacial score (nSPS) is 11.0. The number of rotatable bonds is 6. The monoisotopic (exact) mass is 293 g/mol. The van der Waals surface area contributed by atoms with Crippen LogP contribution in [0, 0.1) is 13.8 Å². The summed E-state index contributed by atoms with van der Waals surface area (Å²) in [6, 6.07) is 0. The van der Waals surface area contributed by atoms with Gasteiger partial charge in [-0.15, -0.1) is 0 Å². The van der Waals surface area contributed by atoms with E-state index < -0.39 is 0 Å². The second kappa shape index (κ2) is 6.53. The molecular formula is C14H19N3O4. The van der Waals surface area contributed by atoms with Crippen LogP contribution in [0.25, 0.3) is 11.1 Å². The van der Waals surface area contributed by atoms with Crippen molar-refractivity contribution >= 4 is 17.0 Å². The Morgan fingerprint density at radius 1 is 1.48 bits per heavy atom. The maximum absolute atomic E-state index is 12.3. The predicted octanol–water partition coefficient (Wildman–Crippen LogP) is 0.759. The van der Waals surface area contributed by atoms with Crippen molar-refractivity contribution in [2.75, 3.05) is 20.3 Å². The van der Waals surface area contributed by atoms with E-state index in [1.165, 1.54) is 10.9 Å². The SMILES string of the molecule is COCCNC(=O)CCn1cnc2oc(C)c(C)c2c1=O. The fourth-order valence-electron chi connectivity index (χ4n) is 2.03. The van der Waals surface area contributed by atoms with Gasteiger partial charge in [0.2, 0.25) is 11.6 Å². The zero-order valence-electron chi connectivity index (χ0n) is 12.4. The van der Waals surface area contributed by atoms with E-state index in [0.29, 0.717) is 30.0 Å². The molecule has 2 aromatic rings. The molecule has 1 amide bonds. The van der Waals surface area contributed by atoms with Gasteiger partial charge in [-0.25, -0.2) is 4.98 Å². The van der Waals surface area contributed by atoms with E-state index in [4.69, 9.17) is 9.15 Å². The van der Waals surface area contributed by atoms with Crippen molar-refractivity contribution in [1.82, 2.24) is 14.9 Å². The molecule has 0 saturated heterocycles. The molecule has 0 aliphatic heterocycles. The molecule has 0 bridgehead atoms. The molecule has 0 unspecified atom stereocenters. The second-order valence-corrected chi connectivity index (χ2v) is 4.80. The van der Waals surface area contributed by atoms with Gasteiger partial charge in [-0.3, -0.25) is 14.2 Å². The lowest BCUT2D eigenvalue weighted by molar-refractivity contribution is -0.121. The molecule has 0 aliphatic carbocycles. The fraction of sp³-hybridized carbons (Fsp3) is 0.500. The smallest absolute Gasteiger partial charge is 0.264 e. The summed E-state index contributed by atoms with van der Waals surface area (Å²) >= 11 is 0. The molecule has 7 nitrogen and oxygen atoms in total. The Balaban J connectivity index is 2.09. The second-order valence-electron chi connectivity index (χ2n) is 4.80. The first-order chi connectivity index (χ1) is 10.0. The van der Waals surface area contributed by atoms with Crippen molar-refractivity contribution in [3.8, 4) is 0 Å². The number of ether oxygens (including phenoxy) is 1. The molecular weight excluding hydrogens is 274 g/mol. The first kappa shape index (κ1) is 15.2. The third-order valence-corrected chi connectivity index (χ3v) is 3.36. The number of nitrogens with one attached hydrogen (secondary N) is 1. The molecule has 0 fully saturated rings. The fourth-order valence-corrected chi connectivity index (χ4v) is 2.03. The first-order valence-electron chi connectivity index (χ1n) is 6.75. The van der Waals surface area contributed by atoms with Crippen molar-refractivity contribution < 1.29 is 13.9 Å². The number of fused-ring (bicyclic) bond motifs is 1. The highest BCUT2D eigenvalue weighted by Gasteiger charge is 2.14.